The Morgan fingerprint density at radius 3 is 2.05 bits per heavy atom. The van der Waals surface area contributed by atoms with Gasteiger partial charge in [-0.15, -0.1) is 0 Å². The second kappa shape index (κ2) is 6.41. The molecule has 0 fully saturated rings. The van der Waals surface area contributed by atoms with Crippen molar-refractivity contribution in [1.29, 1.82) is 0 Å². The minimum atomic E-state index is -0.502. The van der Waals surface area contributed by atoms with E-state index in [1.54, 1.807) is 19.2 Å². The first-order valence-electron chi connectivity index (χ1n) is 6.05. The topological polar surface area (TPSA) is 72.6 Å². The van der Waals surface area contributed by atoms with Crippen molar-refractivity contribution >= 4 is 33.1 Å². The molecule has 0 radical (unpaired) electrons. The summed E-state index contributed by atoms with van der Waals surface area (Å²) in [4.78, 5) is 26.6. The minimum absolute atomic E-state index is 0.0508. The van der Waals surface area contributed by atoms with Crippen LogP contribution in [0.4, 0.5) is 5.69 Å². The maximum atomic E-state index is 12.4. The van der Waals surface area contributed by atoms with Gasteiger partial charge in [0.25, 0.3) is 5.69 Å². The fourth-order valence-electron chi connectivity index (χ4n) is 1.84. The number of non-ortho nitro benzene ring substituents is 1. The molecule has 5 nitrogen and oxygen atoms in total. The summed E-state index contributed by atoms with van der Waals surface area (Å²) in [7, 11) is 1.54. The van der Waals surface area contributed by atoms with Crippen LogP contribution in [0.5, 0.6) is 0 Å². The Morgan fingerprint density at radius 2 is 1.57 bits per heavy atom. The van der Waals surface area contributed by atoms with Crippen LogP contribution in [0.2, 0.25) is 0 Å². The molecule has 2 rings (SSSR count). The molecule has 106 valence electrons. The summed E-state index contributed by atoms with van der Waals surface area (Å²) in [5.74, 6) is -0.269. The van der Waals surface area contributed by atoms with Crippen LogP contribution in [-0.4, -0.2) is 23.5 Å². The van der Waals surface area contributed by atoms with Crippen LogP contribution in [-0.2, 0) is 0 Å². The smallest absolute Gasteiger partial charge is 0.269 e. The maximum absolute atomic E-state index is 12.4. The zero-order chi connectivity index (χ0) is 15.4. The molecule has 0 aliphatic carbocycles. The van der Waals surface area contributed by atoms with Crippen molar-refractivity contribution in [2.24, 2.45) is 4.99 Å². The standard InChI is InChI=1S/C15H11BrN2O3/c1-17-14(10-2-6-12(16)7-3-10)15(19)11-4-8-13(9-5-11)18(20)21/h2-9H,1H3. The average Bonchev–Trinajstić information content (AvgIpc) is 2.50. The van der Waals surface area contributed by atoms with Crippen LogP contribution < -0.4 is 0 Å². The molecule has 0 N–H and O–H groups in total. The number of hydrogen-bond donors (Lipinski definition) is 0. The van der Waals surface area contributed by atoms with Crippen molar-refractivity contribution in [3.8, 4) is 0 Å². The predicted molar refractivity (Wildman–Crippen MR) is 84.0 cm³/mol. The Hall–Kier alpha value is -2.34. The van der Waals surface area contributed by atoms with Gasteiger partial charge in [0.05, 0.1) is 4.92 Å². The van der Waals surface area contributed by atoms with E-state index in [9.17, 15) is 14.9 Å². The zero-order valence-corrected chi connectivity index (χ0v) is 12.7. The first-order valence-corrected chi connectivity index (χ1v) is 6.84. The Morgan fingerprint density at radius 1 is 1.05 bits per heavy atom. The normalized spacial score (nSPS) is 11.2. The number of benzene rings is 2. The molecule has 2 aromatic carbocycles. The summed E-state index contributed by atoms with van der Waals surface area (Å²) in [6.07, 6.45) is 0. The summed E-state index contributed by atoms with van der Waals surface area (Å²) in [5.41, 5.74) is 1.33. The highest BCUT2D eigenvalue weighted by molar-refractivity contribution is 9.10. The maximum Gasteiger partial charge on any atom is 0.269 e. The van der Waals surface area contributed by atoms with E-state index in [2.05, 4.69) is 20.9 Å². The lowest BCUT2D eigenvalue weighted by Crippen LogP contribution is -2.15. The first kappa shape index (κ1) is 15.1. The zero-order valence-electron chi connectivity index (χ0n) is 11.1. The van der Waals surface area contributed by atoms with Gasteiger partial charge >= 0.3 is 0 Å². The van der Waals surface area contributed by atoms with E-state index in [1.165, 1.54) is 24.3 Å². The van der Waals surface area contributed by atoms with Crippen molar-refractivity contribution in [1.82, 2.24) is 0 Å². The Kier molecular flexibility index (Phi) is 4.59. The summed E-state index contributed by atoms with van der Waals surface area (Å²) in [5, 5.41) is 10.6. The van der Waals surface area contributed by atoms with E-state index < -0.39 is 4.92 Å². The van der Waals surface area contributed by atoms with Crippen LogP contribution in [0.1, 0.15) is 15.9 Å². The highest BCUT2D eigenvalue weighted by Gasteiger charge is 2.16. The van der Waals surface area contributed by atoms with E-state index in [0.29, 0.717) is 16.8 Å². The van der Waals surface area contributed by atoms with Gasteiger partial charge in [-0.1, -0.05) is 28.1 Å². The molecule has 0 aromatic heterocycles. The van der Waals surface area contributed by atoms with Gasteiger partial charge in [-0.05, 0) is 24.3 Å². The van der Waals surface area contributed by atoms with Gasteiger partial charge in [-0.2, -0.15) is 0 Å². The second-order valence-corrected chi connectivity index (χ2v) is 5.13. The lowest BCUT2D eigenvalue weighted by molar-refractivity contribution is -0.384. The Balaban J connectivity index is 2.32. The molecule has 0 unspecified atom stereocenters. The quantitative estimate of drug-likeness (QED) is 0.367. The number of nitrogens with zero attached hydrogens (tertiary/aromatic N) is 2. The lowest BCUT2D eigenvalue weighted by atomic mass is 10.0. The number of nitro benzene ring substituents is 1. The third-order valence-corrected chi connectivity index (χ3v) is 3.43. The fraction of sp³-hybridized carbons (Fsp3) is 0.0667. The van der Waals surface area contributed by atoms with E-state index in [-0.39, 0.29) is 11.5 Å². The third kappa shape index (κ3) is 3.41. The van der Waals surface area contributed by atoms with Crippen LogP contribution in [0, 0.1) is 10.1 Å². The van der Waals surface area contributed by atoms with E-state index in [4.69, 9.17) is 0 Å². The SMILES string of the molecule is CN=C(C(=O)c1ccc([N+](=O)[O-])cc1)c1ccc(Br)cc1. The number of nitro groups is 1. The molecule has 0 heterocycles. The molecule has 0 atom stereocenters. The van der Waals surface area contributed by atoms with Crippen LogP contribution >= 0.6 is 15.9 Å². The van der Waals surface area contributed by atoms with Crippen LogP contribution in [0.25, 0.3) is 0 Å². The van der Waals surface area contributed by atoms with Gasteiger partial charge < -0.3 is 0 Å². The molecule has 0 saturated heterocycles. The monoisotopic (exact) mass is 346 g/mol. The van der Waals surface area contributed by atoms with Crippen molar-refractivity contribution in [3.63, 3.8) is 0 Å². The largest absolute Gasteiger partial charge is 0.287 e. The molecule has 0 aliphatic rings. The highest BCUT2D eigenvalue weighted by Crippen LogP contribution is 2.16. The molecule has 2 aromatic rings. The van der Waals surface area contributed by atoms with E-state index in [0.717, 1.165) is 4.47 Å². The molecule has 0 saturated carbocycles. The van der Waals surface area contributed by atoms with Crippen LogP contribution in [0.3, 0.4) is 0 Å². The van der Waals surface area contributed by atoms with Gasteiger partial charge in [-0.3, -0.25) is 19.9 Å². The highest BCUT2D eigenvalue weighted by atomic mass is 79.9. The van der Waals surface area contributed by atoms with Crippen molar-refractivity contribution in [2.75, 3.05) is 7.05 Å². The second-order valence-electron chi connectivity index (χ2n) is 4.21. The average molecular weight is 347 g/mol. The van der Waals surface area contributed by atoms with Gasteiger partial charge in [0.15, 0.2) is 0 Å². The molecule has 0 bridgehead atoms. The summed E-state index contributed by atoms with van der Waals surface area (Å²) in [6, 6.07) is 12.7. The molecule has 0 spiro atoms. The predicted octanol–water partition coefficient (Wildman–Crippen LogP) is 3.66. The number of aliphatic imine (C=N–C) groups is 1. The van der Waals surface area contributed by atoms with E-state index in [1.807, 2.05) is 12.1 Å². The molecule has 21 heavy (non-hydrogen) atoms. The Bertz CT molecular complexity index is 707. The third-order valence-electron chi connectivity index (χ3n) is 2.90. The fourth-order valence-corrected chi connectivity index (χ4v) is 2.11. The summed E-state index contributed by atoms with van der Waals surface area (Å²) in [6.45, 7) is 0. The summed E-state index contributed by atoms with van der Waals surface area (Å²) >= 11 is 3.33. The number of carbonyl (C=O) groups excluding carboxylic acids is 1. The number of hydrogen-bond acceptors (Lipinski definition) is 4. The van der Waals surface area contributed by atoms with Gasteiger partial charge in [0, 0.05) is 34.8 Å². The first-order chi connectivity index (χ1) is 10.0. The number of carbonyl (C=O) groups is 1. The van der Waals surface area contributed by atoms with Gasteiger partial charge in [-0.25, -0.2) is 0 Å². The minimum Gasteiger partial charge on any atom is -0.287 e. The number of ketones is 1. The lowest BCUT2D eigenvalue weighted by Gasteiger charge is -2.05. The Labute approximate surface area is 129 Å². The van der Waals surface area contributed by atoms with Gasteiger partial charge in [0.1, 0.15) is 5.71 Å². The van der Waals surface area contributed by atoms with Crippen molar-refractivity contribution in [2.45, 2.75) is 0 Å². The number of Topliss-reactive ketones (excluding diaryl/α,β-unsaturated/α-hetero) is 1. The number of rotatable bonds is 4. The van der Waals surface area contributed by atoms with E-state index >= 15 is 0 Å². The van der Waals surface area contributed by atoms with Crippen molar-refractivity contribution in [3.05, 3.63) is 74.2 Å². The molecular weight excluding hydrogens is 336 g/mol. The molecule has 6 heteroatoms. The molecule has 0 aliphatic heterocycles. The van der Waals surface area contributed by atoms with Crippen molar-refractivity contribution < 1.29 is 9.72 Å². The molecular formula is C15H11BrN2O3. The molecule has 0 amide bonds. The summed E-state index contributed by atoms with van der Waals surface area (Å²) < 4.78 is 0.907. The number of halogens is 1. The van der Waals surface area contributed by atoms with Crippen LogP contribution in [0.15, 0.2) is 58.0 Å². The van der Waals surface area contributed by atoms with Gasteiger partial charge in [0.2, 0.25) is 5.78 Å².